The molecule has 21 heavy (non-hydrogen) atoms. The molecule has 2 aliphatic carbocycles. The number of piperazine rings is 1. The van der Waals surface area contributed by atoms with E-state index in [1.54, 1.807) is 23.3 Å². The number of quaternary nitrogens is 1. The maximum Gasteiger partial charge on any atom is 0.289 e. The Bertz CT molecular complexity index is 529. The lowest BCUT2D eigenvalue weighted by molar-refractivity contribution is -0.907. The molecule has 112 valence electrons. The molecule has 2 fully saturated rings. The van der Waals surface area contributed by atoms with Crippen molar-refractivity contribution in [3.63, 3.8) is 0 Å². The van der Waals surface area contributed by atoms with Crippen molar-refractivity contribution < 1.29 is 14.1 Å². The number of nitrogens with zero attached hydrogens (tertiary/aromatic N) is 1. The van der Waals surface area contributed by atoms with Gasteiger partial charge >= 0.3 is 0 Å². The van der Waals surface area contributed by atoms with Crippen LogP contribution in [0.3, 0.4) is 0 Å². The van der Waals surface area contributed by atoms with E-state index in [9.17, 15) is 4.79 Å². The molecular weight excluding hydrogens is 264 g/mol. The van der Waals surface area contributed by atoms with Crippen LogP contribution in [0.15, 0.2) is 35.0 Å². The van der Waals surface area contributed by atoms with Crippen molar-refractivity contribution in [3.8, 4) is 0 Å². The van der Waals surface area contributed by atoms with Crippen LogP contribution < -0.4 is 4.90 Å². The van der Waals surface area contributed by atoms with E-state index >= 15 is 0 Å². The monoisotopic (exact) mass is 287 g/mol. The Balaban J connectivity index is 1.29. The highest BCUT2D eigenvalue weighted by Gasteiger charge is 2.38. The Labute approximate surface area is 125 Å². The number of hydrogen-bond acceptors (Lipinski definition) is 2. The zero-order valence-electron chi connectivity index (χ0n) is 12.3. The van der Waals surface area contributed by atoms with Crippen molar-refractivity contribution >= 4 is 5.91 Å². The summed E-state index contributed by atoms with van der Waals surface area (Å²) in [6, 6.07) is 3.53. The van der Waals surface area contributed by atoms with Crippen LogP contribution in [0.25, 0.3) is 0 Å². The van der Waals surface area contributed by atoms with Crippen molar-refractivity contribution in [2.45, 2.75) is 12.8 Å². The Kier molecular flexibility index (Phi) is 3.34. The van der Waals surface area contributed by atoms with Gasteiger partial charge in [-0.25, -0.2) is 0 Å². The van der Waals surface area contributed by atoms with Crippen molar-refractivity contribution in [2.24, 2.45) is 17.8 Å². The van der Waals surface area contributed by atoms with Gasteiger partial charge in [0.05, 0.1) is 39.0 Å². The van der Waals surface area contributed by atoms with Gasteiger partial charge in [-0.3, -0.25) is 4.79 Å². The molecule has 0 aromatic carbocycles. The van der Waals surface area contributed by atoms with Crippen LogP contribution in [0.5, 0.6) is 0 Å². The lowest BCUT2D eigenvalue weighted by atomic mass is 9.93. The lowest BCUT2D eigenvalue weighted by Crippen LogP contribution is -3.15. The summed E-state index contributed by atoms with van der Waals surface area (Å²) in [5, 5.41) is 0. The topological polar surface area (TPSA) is 37.9 Å². The van der Waals surface area contributed by atoms with Gasteiger partial charge in [0.25, 0.3) is 5.91 Å². The van der Waals surface area contributed by atoms with E-state index in [1.165, 1.54) is 19.4 Å². The molecule has 4 heteroatoms. The quantitative estimate of drug-likeness (QED) is 0.836. The normalized spacial score (nSPS) is 32.0. The average Bonchev–Trinajstić information content (AvgIpc) is 3.25. The van der Waals surface area contributed by atoms with Crippen LogP contribution in [0, 0.1) is 17.8 Å². The van der Waals surface area contributed by atoms with Gasteiger partial charge in [-0.05, 0) is 36.8 Å². The molecule has 2 bridgehead atoms. The van der Waals surface area contributed by atoms with Gasteiger partial charge in [-0.1, -0.05) is 12.2 Å². The third-order valence-corrected chi connectivity index (χ3v) is 5.46. The van der Waals surface area contributed by atoms with Gasteiger partial charge in [-0.15, -0.1) is 0 Å². The smallest absolute Gasteiger partial charge is 0.289 e. The summed E-state index contributed by atoms with van der Waals surface area (Å²) in [5.74, 6) is 3.09. The molecule has 1 saturated heterocycles. The summed E-state index contributed by atoms with van der Waals surface area (Å²) < 4.78 is 5.21. The predicted octanol–water partition coefficient (Wildman–Crippen LogP) is 0.832. The molecule has 4 nitrogen and oxygen atoms in total. The van der Waals surface area contributed by atoms with Gasteiger partial charge in [-0.2, -0.15) is 0 Å². The van der Waals surface area contributed by atoms with E-state index in [1.807, 2.05) is 4.90 Å². The predicted molar refractivity (Wildman–Crippen MR) is 79.0 cm³/mol. The third-order valence-electron chi connectivity index (χ3n) is 5.46. The molecule has 3 aliphatic rings. The zero-order chi connectivity index (χ0) is 14.2. The fraction of sp³-hybridized carbons (Fsp3) is 0.588. The molecular formula is C17H23N2O2+. The molecule has 1 aromatic rings. The minimum absolute atomic E-state index is 0.0434. The van der Waals surface area contributed by atoms with Gasteiger partial charge < -0.3 is 14.2 Å². The molecule has 0 unspecified atom stereocenters. The molecule has 0 radical (unpaired) electrons. The van der Waals surface area contributed by atoms with Crippen LogP contribution in [0.4, 0.5) is 0 Å². The van der Waals surface area contributed by atoms with E-state index in [-0.39, 0.29) is 5.91 Å². The molecule has 4 rings (SSSR count). The van der Waals surface area contributed by atoms with E-state index in [4.69, 9.17) is 4.42 Å². The maximum atomic E-state index is 12.2. The molecule has 3 atom stereocenters. The van der Waals surface area contributed by atoms with Gasteiger partial charge in [0.15, 0.2) is 5.76 Å². The van der Waals surface area contributed by atoms with E-state index < -0.39 is 0 Å². The SMILES string of the molecule is O=C(c1ccco1)N1CC[NH+](C[C@@H]2C[C@@H]3C=C[C@H]2C3)CC1. The summed E-state index contributed by atoms with van der Waals surface area (Å²) in [4.78, 5) is 15.8. The summed E-state index contributed by atoms with van der Waals surface area (Å²) >= 11 is 0. The highest BCUT2D eigenvalue weighted by molar-refractivity contribution is 5.91. The molecule has 2 heterocycles. The van der Waals surface area contributed by atoms with Crippen LogP contribution in [0.2, 0.25) is 0 Å². The largest absolute Gasteiger partial charge is 0.459 e. The van der Waals surface area contributed by atoms with E-state index in [0.29, 0.717) is 5.76 Å². The second-order valence-electron chi connectivity index (χ2n) is 6.76. The summed E-state index contributed by atoms with van der Waals surface area (Å²) in [7, 11) is 0. The minimum Gasteiger partial charge on any atom is -0.459 e. The number of furan rings is 1. The Hall–Kier alpha value is -1.55. The molecule has 1 N–H and O–H groups in total. The van der Waals surface area contributed by atoms with Crippen LogP contribution >= 0.6 is 0 Å². The number of fused-ring (bicyclic) bond motifs is 2. The molecule has 1 aromatic heterocycles. The highest BCUT2D eigenvalue weighted by Crippen LogP contribution is 2.42. The number of carbonyl (C=O) groups is 1. The molecule has 1 amide bonds. The van der Waals surface area contributed by atoms with Gasteiger partial charge in [0.2, 0.25) is 0 Å². The first-order valence-corrected chi connectivity index (χ1v) is 8.14. The first-order valence-electron chi connectivity index (χ1n) is 8.14. The van der Waals surface area contributed by atoms with Crippen LogP contribution in [-0.4, -0.2) is 43.5 Å². The number of rotatable bonds is 3. The van der Waals surface area contributed by atoms with E-state index in [2.05, 4.69) is 12.2 Å². The standard InChI is InChI=1S/C17H22N2O2/c20-17(16-2-1-9-21-16)19-7-5-18(6-8-19)12-15-11-13-3-4-14(15)10-13/h1-4,9,13-15H,5-8,10-12H2/p+1/t13-,14+,15+/m1/s1. The Morgan fingerprint density at radius 2 is 2.14 bits per heavy atom. The number of nitrogens with one attached hydrogen (secondary N) is 1. The first-order chi connectivity index (χ1) is 10.3. The number of carbonyl (C=O) groups excluding carboxylic acids is 1. The Morgan fingerprint density at radius 1 is 1.29 bits per heavy atom. The zero-order valence-corrected chi connectivity index (χ0v) is 12.3. The summed E-state index contributed by atoms with van der Waals surface area (Å²) in [6.45, 7) is 5.14. The second kappa shape index (κ2) is 5.34. The minimum atomic E-state index is 0.0434. The van der Waals surface area contributed by atoms with Crippen molar-refractivity contribution in [2.75, 3.05) is 32.7 Å². The van der Waals surface area contributed by atoms with Gasteiger partial charge in [0.1, 0.15) is 0 Å². The highest BCUT2D eigenvalue weighted by atomic mass is 16.3. The van der Waals surface area contributed by atoms with Gasteiger partial charge in [0, 0.05) is 5.92 Å². The van der Waals surface area contributed by atoms with Crippen molar-refractivity contribution in [3.05, 3.63) is 36.3 Å². The first kappa shape index (κ1) is 13.1. The number of amides is 1. The Morgan fingerprint density at radius 3 is 2.76 bits per heavy atom. The number of allylic oxidation sites excluding steroid dienone is 2. The fourth-order valence-electron chi connectivity index (χ4n) is 4.29. The van der Waals surface area contributed by atoms with Crippen LogP contribution in [-0.2, 0) is 0 Å². The van der Waals surface area contributed by atoms with Crippen molar-refractivity contribution in [1.29, 1.82) is 0 Å². The van der Waals surface area contributed by atoms with Crippen LogP contribution in [0.1, 0.15) is 23.4 Å². The molecule has 1 saturated carbocycles. The lowest BCUT2D eigenvalue weighted by Gasteiger charge is -2.34. The fourth-order valence-corrected chi connectivity index (χ4v) is 4.29. The molecule has 1 aliphatic heterocycles. The third kappa shape index (κ3) is 2.53. The maximum absolute atomic E-state index is 12.2. The number of hydrogen-bond donors (Lipinski definition) is 1. The van der Waals surface area contributed by atoms with Crippen molar-refractivity contribution in [1.82, 2.24) is 4.90 Å². The second-order valence-corrected chi connectivity index (χ2v) is 6.76. The summed E-state index contributed by atoms with van der Waals surface area (Å²) in [5.41, 5.74) is 0. The average molecular weight is 287 g/mol. The molecule has 0 spiro atoms. The van der Waals surface area contributed by atoms with E-state index in [0.717, 1.165) is 43.9 Å². The summed E-state index contributed by atoms with van der Waals surface area (Å²) in [6.07, 6.45) is 9.20.